The SMILES string of the molecule is COC(=O)c1sccc1CN1CCN(c2cnn(C)c2)CC1. The minimum Gasteiger partial charge on any atom is -0.465 e. The van der Waals surface area contributed by atoms with Crippen LogP contribution in [0.4, 0.5) is 5.69 Å². The molecule has 1 aliphatic heterocycles. The molecule has 0 bridgehead atoms. The zero-order valence-electron chi connectivity index (χ0n) is 12.9. The summed E-state index contributed by atoms with van der Waals surface area (Å²) >= 11 is 1.45. The first kappa shape index (κ1) is 15.1. The van der Waals surface area contributed by atoms with Gasteiger partial charge in [-0.3, -0.25) is 9.58 Å². The molecule has 3 rings (SSSR count). The maximum Gasteiger partial charge on any atom is 0.348 e. The summed E-state index contributed by atoms with van der Waals surface area (Å²) in [6, 6.07) is 2.02. The third-order valence-electron chi connectivity index (χ3n) is 3.94. The van der Waals surface area contributed by atoms with E-state index in [1.165, 1.54) is 24.1 Å². The molecule has 0 spiro atoms. The van der Waals surface area contributed by atoms with E-state index in [1.807, 2.05) is 35.6 Å². The van der Waals surface area contributed by atoms with Crippen molar-refractivity contribution < 1.29 is 9.53 Å². The second-order valence-corrected chi connectivity index (χ2v) is 6.32. The largest absolute Gasteiger partial charge is 0.465 e. The number of carbonyl (C=O) groups excluding carboxylic acids is 1. The van der Waals surface area contributed by atoms with Crippen LogP contribution in [0.5, 0.6) is 0 Å². The molecular weight excluding hydrogens is 300 g/mol. The number of esters is 1. The molecule has 0 aromatic carbocycles. The summed E-state index contributed by atoms with van der Waals surface area (Å²) in [6.07, 6.45) is 3.95. The summed E-state index contributed by atoms with van der Waals surface area (Å²) in [5.74, 6) is -0.237. The first-order valence-electron chi connectivity index (χ1n) is 7.28. The Morgan fingerprint density at radius 1 is 1.36 bits per heavy atom. The molecular formula is C15H20N4O2S. The number of piperazine rings is 1. The topological polar surface area (TPSA) is 50.6 Å². The molecule has 3 heterocycles. The highest BCUT2D eigenvalue weighted by atomic mass is 32.1. The molecule has 6 nitrogen and oxygen atoms in total. The lowest BCUT2D eigenvalue weighted by atomic mass is 10.2. The molecule has 1 aliphatic rings. The highest BCUT2D eigenvalue weighted by Gasteiger charge is 2.21. The van der Waals surface area contributed by atoms with Crippen molar-refractivity contribution in [3.05, 3.63) is 34.3 Å². The number of rotatable bonds is 4. The molecule has 0 saturated carbocycles. The van der Waals surface area contributed by atoms with Crippen LogP contribution in [0.1, 0.15) is 15.2 Å². The van der Waals surface area contributed by atoms with Crippen LogP contribution >= 0.6 is 11.3 Å². The van der Waals surface area contributed by atoms with Crippen molar-refractivity contribution >= 4 is 23.0 Å². The minimum atomic E-state index is -0.237. The van der Waals surface area contributed by atoms with Crippen molar-refractivity contribution in [2.45, 2.75) is 6.54 Å². The van der Waals surface area contributed by atoms with Gasteiger partial charge in [-0.25, -0.2) is 4.79 Å². The summed E-state index contributed by atoms with van der Waals surface area (Å²) in [4.78, 5) is 17.2. The summed E-state index contributed by atoms with van der Waals surface area (Å²) < 4.78 is 6.67. The van der Waals surface area contributed by atoms with Crippen LogP contribution in [-0.4, -0.2) is 53.9 Å². The van der Waals surface area contributed by atoms with Crippen molar-refractivity contribution in [1.82, 2.24) is 14.7 Å². The molecule has 118 valence electrons. The van der Waals surface area contributed by atoms with Crippen molar-refractivity contribution in [3.63, 3.8) is 0 Å². The molecule has 1 saturated heterocycles. The van der Waals surface area contributed by atoms with E-state index in [1.54, 1.807) is 0 Å². The van der Waals surface area contributed by atoms with E-state index in [-0.39, 0.29) is 5.97 Å². The lowest BCUT2D eigenvalue weighted by Crippen LogP contribution is -2.45. The van der Waals surface area contributed by atoms with Gasteiger partial charge in [0.25, 0.3) is 0 Å². The third kappa shape index (κ3) is 3.15. The van der Waals surface area contributed by atoms with Crippen molar-refractivity contribution in [1.29, 1.82) is 0 Å². The molecule has 0 unspecified atom stereocenters. The van der Waals surface area contributed by atoms with Crippen LogP contribution in [0.25, 0.3) is 0 Å². The molecule has 2 aromatic rings. The maximum atomic E-state index is 11.7. The van der Waals surface area contributed by atoms with Gasteiger partial charge >= 0.3 is 5.97 Å². The van der Waals surface area contributed by atoms with Crippen molar-refractivity contribution in [3.8, 4) is 0 Å². The van der Waals surface area contributed by atoms with E-state index in [2.05, 4.69) is 14.9 Å². The number of aryl methyl sites for hydroxylation is 1. The maximum absolute atomic E-state index is 11.7. The molecule has 0 amide bonds. The summed E-state index contributed by atoms with van der Waals surface area (Å²) in [6.45, 7) is 4.71. The smallest absolute Gasteiger partial charge is 0.348 e. The number of aromatic nitrogens is 2. The molecule has 1 fully saturated rings. The number of methoxy groups -OCH3 is 1. The van der Waals surface area contributed by atoms with Gasteiger partial charge in [-0.05, 0) is 17.0 Å². The van der Waals surface area contributed by atoms with Gasteiger partial charge < -0.3 is 9.64 Å². The average Bonchev–Trinajstić information content (AvgIpc) is 3.16. The Labute approximate surface area is 133 Å². The number of hydrogen-bond acceptors (Lipinski definition) is 6. The van der Waals surface area contributed by atoms with Gasteiger partial charge in [0.1, 0.15) is 4.88 Å². The van der Waals surface area contributed by atoms with Gasteiger partial charge in [-0.15, -0.1) is 11.3 Å². The number of carbonyl (C=O) groups is 1. The van der Waals surface area contributed by atoms with Crippen LogP contribution in [0, 0.1) is 0 Å². The summed E-state index contributed by atoms with van der Waals surface area (Å²) in [5.41, 5.74) is 2.24. The van der Waals surface area contributed by atoms with E-state index in [0.29, 0.717) is 0 Å². The lowest BCUT2D eigenvalue weighted by Gasteiger charge is -2.35. The second-order valence-electron chi connectivity index (χ2n) is 5.40. The van der Waals surface area contributed by atoms with Crippen LogP contribution in [0.2, 0.25) is 0 Å². The standard InChI is InChI=1S/C15H20N4O2S/c1-17-11-13(9-16-17)19-6-4-18(5-7-19)10-12-3-8-22-14(12)15(20)21-2/h3,8-9,11H,4-7,10H2,1-2H3. The van der Waals surface area contributed by atoms with E-state index >= 15 is 0 Å². The first-order valence-corrected chi connectivity index (χ1v) is 8.16. The number of thiophene rings is 1. The van der Waals surface area contributed by atoms with Crippen LogP contribution in [0.15, 0.2) is 23.8 Å². The van der Waals surface area contributed by atoms with Crippen LogP contribution in [0.3, 0.4) is 0 Å². The Balaban J connectivity index is 1.58. The van der Waals surface area contributed by atoms with Crippen LogP contribution in [-0.2, 0) is 18.3 Å². The lowest BCUT2D eigenvalue weighted by molar-refractivity contribution is 0.0604. The Kier molecular flexibility index (Phi) is 4.44. The minimum absolute atomic E-state index is 0.237. The fourth-order valence-corrected chi connectivity index (χ4v) is 3.54. The number of hydrogen-bond donors (Lipinski definition) is 0. The molecule has 0 aliphatic carbocycles. The Morgan fingerprint density at radius 2 is 2.14 bits per heavy atom. The van der Waals surface area contributed by atoms with Gasteiger partial charge in [0.2, 0.25) is 0 Å². The van der Waals surface area contributed by atoms with E-state index in [9.17, 15) is 4.79 Å². The van der Waals surface area contributed by atoms with Crippen molar-refractivity contribution in [2.24, 2.45) is 7.05 Å². The number of anilines is 1. The highest BCUT2D eigenvalue weighted by molar-refractivity contribution is 7.12. The zero-order valence-corrected chi connectivity index (χ0v) is 13.7. The predicted molar refractivity (Wildman–Crippen MR) is 86.4 cm³/mol. The van der Waals surface area contributed by atoms with Gasteiger partial charge in [-0.1, -0.05) is 0 Å². The van der Waals surface area contributed by atoms with Crippen molar-refractivity contribution in [2.75, 3.05) is 38.2 Å². The fraction of sp³-hybridized carbons (Fsp3) is 0.467. The van der Waals surface area contributed by atoms with E-state index in [0.717, 1.165) is 43.2 Å². The van der Waals surface area contributed by atoms with Crippen LogP contribution < -0.4 is 4.90 Å². The Bertz CT molecular complexity index is 644. The van der Waals surface area contributed by atoms with Gasteiger partial charge in [0.05, 0.1) is 19.0 Å². The summed E-state index contributed by atoms with van der Waals surface area (Å²) in [5, 5.41) is 6.18. The molecule has 0 radical (unpaired) electrons. The monoisotopic (exact) mass is 320 g/mol. The Morgan fingerprint density at radius 3 is 2.77 bits per heavy atom. The zero-order chi connectivity index (χ0) is 15.5. The van der Waals surface area contributed by atoms with Gasteiger partial charge in [0, 0.05) is 46.0 Å². The molecule has 7 heteroatoms. The highest BCUT2D eigenvalue weighted by Crippen LogP contribution is 2.21. The Hall–Kier alpha value is -1.86. The molecule has 2 aromatic heterocycles. The molecule has 0 N–H and O–H groups in total. The normalized spacial score (nSPS) is 16.0. The number of nitrogens with zero attached hydrogens (tertiary/aromatic N) is 4. The predicted octanol–water partition coefficient (Wildman–Crippen LogP) is 1.59. The third-order valence-corrected chi connectivity index (χ3v) is 4.88. The first-order chi connectivity index (χ1) is 10.7. The average molecular weight is 320 g/mol. The number of ether oxygens (including phenoxy) is 1. The van der Waals surface area contributed by atoms with E-state index < -0.39 is 0 Å². The van der Waals surface area contributed by atoms with Gasteiger partial charge in [-0.2, -0.15) is 5.10 Å². The second kappa shape index (κ2) is 6.50. The quantitative estimate of drug-likeness (QED) is 0.801. The molecule has 22 heavy (non-hydrogen) atoms. The van der Waals surface area contributed by atoms with Gasteiger partial charge in [0.15, 0.2) is 0 Å². The molecule has 0 atom stereocenters. The van der Waals surface area contributed by atoms with E-state index in [4.69, 9.17) is 4.74 Å². The summed E-state index contributed by atoms with van der Waals surface area (Å²) in [7, 11) is 3.36. The fourth-order valence-electron chi connectivity index (χ4n) is 2.71.